The molecule has 0 spiro atoms. The maximum atomic E-state index is 12.9. The topological polar surface area (TPSA) is 65.1 Å². The highest BCUT2D eigenvalue weighted by molar-refractivity contribution is 7.89. The van der Waals surface area contributed by atoms with Gasteiger partial charge < -0.3 is 14.2 Å². The van der Waals surface area contributed by atoms with Gasteiger partial charge in [0.1, 0.15) is 16.4 Å². The number of morpholine rings is 1. The van der Waals surface area contributed by atoms with Gasteiger partial charge in [-0.3, -0.25) is 0 Å². The summed E-state index contributed by atoms with van der Waals surface area (Å²) < 4.78 is 43.1. The van der Waals surface area contributed by atoms with Gasteiger partial charge in [-0.2, -0.15) is 4.31 Å². The van der Waals surface area contributed by atoms with Crippen molar-refractivity contribution in [3.63, 3.8) is 0 Å². The molecule has 0 radical (unpaired) electrons. The number of sulfonamides is 1. The SMILES string of the molecule is COc1ccc(OC)c(S(=O)(=O)N2CC(C)OCC2C)c1. The summed E-state index contributed by atoms with van der Waals surface area (Å²) in [5.74, 6) is 0.783. The van der Waals surface area contributed by atoms with E-state index in [2.05, 4.69) is 0 Å². The summed E-state index contributed by atoms with van der Waals surface area (Å²) in [5, 5.41) is 0. The van der Waals surface area contributed by atoms with Crippen LogP contribution in [0.15, 0.2) is 23.1 Å². The molecule has 0 amide bonds. The molecule has 118 valence electrons. The van der Waals surface area contributed by atoms with E-state index in [1.54, 1.807) is 12.1 Å². The zero-order valence-corrected chi connectivity index (χ0v) is 13.5. The fourth-order valence-electron chi connectivity index (χ4n) is 2.32. The lowest BCUT2D eigenvalue weighted by atomic mass is 10.2. The molecule has 2 unspecified atom stereocenters. The summed E-state index contributed by atoms with van der Waals surface area (Å²) >= 11 is 0. The maximum absolute atomic E-state index is 12.9. The second-order valence-corrected chi connectivity index (χ2v) is 6.94. The minimum atomic E-state index is -3.67. The summed E-state index contributed by atoms with van der Waals surface area (Å²) in [4.78, 5) is 0.116. The van der Waals surface area contributed by atoms with Gasteiger partial charge >= 0.3 is 0 Å². The standard InChI is InChI=1S/C14H21NO5S/c1-10-9-20-11(2)8-15(10)21(16,17)14-7-12(18-3)5-6-13(14)19-4/h5-7,10-11H,8-9H2,1-4H3. The van der Waals surface area contributed by atoms with E-state index in [0.29, 0.717) is 24.7 Å². The van der Waals surface area contributed by atoms with E-state index in [1.807, 2.05) is 13.8 Å². The molecule has 1 saturated heterocycles. The molecule has 7 heteroatoms. The molecule has 2 rings (SSSR count). The lowest BCUT2D eigenvalue weighted by Gasteiger charge is -2.35. The third kappa shape index (κ3) is 3.14. The summed E-state index contributed by atoms with van der Waals surface area (Å²) in [5.41, 5.74) is 0. The predicted octanol–water partition coefficient (Wildman–Crippen LogP) is 1.50. The molecule has 2 atom stereocenters. The maximum Gasteiger partial charge on any atom is 0.247 e. The van der Waals surface area contributed by atoms with E-state index in [9.17, 15) is 8.42 Å². The van der Waals surface area contributed by atoms with Crippen LogP contribution in [0.1, 0.15) is 13.8 Å². The van der Waals surface area contributed by atoms with Crippen molar-refractivity contribution in [2.45, 2.75) is 30.9 Å². The van der Waals surface area contributed by atoms with Crippen LogP contribution in [0.2, 0.25) is 0 Å². The van der Waals surface area contributed by atoms with Crippen LogP contribution in [0.3, 0.4) is 0 Å². The Bertz CT molecular complexity index is 601. The predicted molar refractivity (Wildman–Crippen MR) is 78.3 cm³/mol. The number of benzene rings is 1. The van der Waals surface area contributed by atoms with E-state index in [4.69, 9.17) is 14.2 Å². The molecule has 0 saturated carbocycles. The smallest absolute Gasteiger partial charge is 0.247 e. The number of hydrogen-bond donors (Lipinski definition) is 0. The van der Waals surface area contributed by atoms with Crippen LogP contribution in [-0.4, -0.2) is 52.2 Å². The Morgan fingerprint density at radius 1 is 1.24 bits per heavy atom. The van der Waals surface area contributed by atoms with E-state index >= 15 is 0 Å². The van der Waals surface area contributed by atoms with Crippen molar-refractivity contribution in [3.05, 3.63) is 18.2 Å². The van der Waals surface area contributed by atoms with Gasteiger partial charge in [0, 0.05) is 18.7 Å². The van der Waals surface area contributed by atoms with E-state index in [0.717, 1.165) is 0 Å². The van der Waals surface area contributed by atoms with Gasteiger partial charge in [0.05, 0.1) is 26.9 Å². The largest absolute Gasteiger partial charge is 0.497 e. The first-order chi connectivity index (χ1) is 9.90. The van der Waals surface area contributed by atoms with E-state index < -0.39 is 10.0 Å². The highest BCUT2D eigenvalue weighted by atomic mass is 32.2. The minimum Gasteiger partial charge on any atom is -0.497 e. The molecule has 1 aliphatic heterocycles. The van der Waals surface area contributed by atoms with Crippen LogP contribution < -0.4 is 9.47 Å². The van der Waals surface area contributed by atoms with Crippen molar-refractivity contribution in [1.82, 2.24) is 4.31 Å². The second-order valence-electron chi connectivity index (χ2n) is 5.08. The summed E-state index contributed by atoms with van der Waals surface area (Å²) in [6.45, 7) is 4.39. The van der Waals surface area contributed by atoms with Crippen LogP contribution in [-0.2, 0) is 14.8 Å². The monoisotopic (exact) mass is 315 g/mol. The Balaban J connectivity index is 2.47. The molecule has 1 aromatic carbocycles. The third-order valence-electron chi connectivity index (χ3n) is 3.51. The third-order valence-corrected chi connectivity index (χ3v) is 5.51. The van der Waals surface area contributed by atoms with Gasteiger partial charge in [0.2, 0.25) is 10.0 Å². The van der Waals surface area contributed by atoms with Crippen LogP contribution >= 0.6 is 0 Å². The zero-order chi connectivity index (χ0) is 15.6. The first-order valence-electron chi connectivity index (χ1n) is 6.75. The lowest BCUT2D eigenvalue weighted by Crippen LogP contribution is -2.50. The molecule has 1 aromatic rings. The number of hydrogen-bond acceptors (Lipinski definition) is 5. The molecule has 1 fully saturated rings. The van der Waals surface area contributed by atoms with Crippen molar-refractivity contribution >= 4 is 10.0 Å². The molecule has 1 aliphatic rings. The molecule has 0 bridgehead atoms. The van der Waals surface area contributed by atoms with E-state index in [-0.39, 0.29) is 17.0 Å². The first kappa shape index (κ1) is 16.1. The van der Waals surface area contributed by atoms with Crippen molar-refractivity contribution < 1.29 is 22.6 Å². The van der Waals surface area contributed by atoms with Crippen LogP contribution in [0, 0.1) is 0 Å². The molecule has 1 heterocycles. The summed E-state index contributed by atoms with van der Waals surface area (Å²) in [6, 6.07) is 4.53. The minimum absolute atomic E-state index is 0.116. The lowest BCUT2D eigenvalue weighted by molar-refractivity contribution is -0.0171. The average Bonchev–Trinajstić information content (AvgIpc) is 2.48. The van der Waals surface area contributed by atoms with Crippen molar-refractivity contribution in [2.75, 3.05) is 27.4 Å². The van der Waals surface area contributed by atoms with Gasteiger partial charge in [0.15, 0.2) is 0 Å². The van der Waals surface area contributed by atoms with Crippen molar-refractivity contribution in [2.24, 2.45) is 0 Å². The normalized spacial score (nSPS) is 23.8. The van der Waals surface area contributed by atoms with Crippen LogP contribution in [0.5, 0.6) is 11.5 Å². The van der Waals surface area contributed by atoms with Gasteiger partial charge in [-0.1, -0.05) is 0 Å². The van der Waals surface area contributed by atoms with Crippen molar-refractivity contribution in [1.29, 1.82) is 0 Å². The highest BCUT2D eigenvalue weighted by Gasteiger charge is 2.36. The van der Waals surface area contributed by atoms with Crippen LogP contribution in [0.4, 0.5) is 0 Å². The van der Waals surface area contributed by atoms with E-state index in [1.165, 1.54) is 24.6 Å². The Kier molecular flexibility index (Phi) is 4.75. The molecule has 6 nitrogen and oxygen atoms in total. The summed E-state index contributed by atoms with van der Waals surface area (Å²) in [7, 11) is -0.723. The molecular formula is C14H21NO5S. The molecule has 0 aliphatic carbocycles. The zero-order valence-electron chi connectivity index (χ0n) is 12.7. The average molecular weight is 315 g/mol. The molecule has 0 aromatic heterocycles. The first-order valence-corrected chi connectivity index (χ1v) is 8.19. The second kappa shape index (κ2) is 6.21. The highest BCUT2D eigenvalue weighted by Crippen LogP contribution is 2.32. The number of nitrogens with zero attached hydrogens (tertiary/aromatic N) is 1. The Hall–Kier alpha value is -1.31. The number of methoxy groups -OCH3 is 2. The number of ether oxygens (including phenoxy) is 3. The number of rotatable bonds is 4. The fraction of sp³-hybridized carbons (Fsp3) is 0.571. The van der Waals surface area contributed by atoms with Gasteiger partial charge in [-0.25, -0.2) is 8.42 Å². The molecule has 0 N–H and O–H groups in total. The summed E-state index contributed by atoms with van der Waals surface area (Å²) in [6.07, 6.45) is -0.132. The quantitative estimate of drug-likeness (QED) is 0.842. The Labute approximate surface area is 125 Å². The van der Waals surface area contributed by atoms with Gasteiger partial charge in [-0.15, -0.1) is 0 Å². The molecular weight excluding hydrogens is 294 g/mol. The molecule has 21 heavy (non-hydrogen) atoms. The Morgan fingerprint density at radius 2 is 1.95 bits per heavy atom. The fourth-order valence-corrected chi connectivity index (χ4v) is 4.18. The van der Waals surface area contributed by atoms with Crippen molar-refractivity contribution in [3.8, 4) is 11.5 Å². The van der Waals surface area contributed by atoms with Gasteiger partial charge in [0.25, 0.3) is 0 Å². The van der Waals surface area contributed by atoms with Crippen LogP contribution in [0.25, 0.3) is 0 Å². The Morgan fingerprint density at radius 3 is 2.57 bits per heavy atom. The van der Waals surface area contributed by atoms with Gasteiger partial charge in [-0.05, 0) is 26.0 Å².